The monoisotopic (exact) mass is 370 g/mol. The van der Waals surface area contributed by atoms with Crippen molar-refractivity contribution in [1.82, 2.24) is 14.8 Å². The zero-order chi connectivity index (χ0) is 18.6. The third kappa shape index (κ3) is 3.94. The Morgan fingerprint density at radius 2 is 1.52 bits per heavy atom. The molecule has 0 aromatic carbocycles. The van der Waals surface area contributed by atoms with E-state index in [0.29, 0.717) is 24.6 Å². The van der Waals surface area contributed by atoms with Crippen molar-refractivity contribution in [2.45, 2.75) is 44.9 Å². The van der Waals surface area contributed by atoms with Gasteiger partial charge in [-0.1, -0.05) is 0 Å². The summed E-state index contributed by atoms with van der Waals surface area (Å²) < 4.78 is 0. The lowest BCUT2D eigenvalue weighted by atomic mass is 9.95. The molecule has 3 aliphatic rings. The molecule has 0 spiro atoms. The molecule has 6 heteroatoms. The molecule has 1 aromatic heterocycles. The van der Waals surface area contributed by atoms with E-state index in [2.05, 4.69) is 9.88 Å². The van der Waals surface area contributed by atoms with E-state index in [4.69, 9.17) is 0 Å². The van der Waals surface area contributed by atoms with Gasteiger partial charge in [0.05, 0.1) is 5.56 Å². The second-order valence-corrected chi connectivity index (χ2v) is 8.02. The first-order chi connectivity index (χ1) is 13.2. The molecule has 0 radical (unpaired) electrons. The number of hydrogen-bond acceptors (Lipinski definition) is 4. The number of anilines is 1. The summed E-state index contributed by atoms with van der Waals surface area (Å²) in [5.74, 6) is 1.28. The SMILES string of the molecule is O=C(c1cccnc1N1CCCCC1)N1CCC(C(=O)N2CCCC2)CC1. The van der Waals surface area contributed by atoms with Crippen molar-refractivity contribution in [1.29, 1.82) is 0 Å². The van der Waals surface area contributed by atoms with Gasteiger partial charge in [-0.3, -0.25) is 9.59 Å². The minimum absolute atomic E-state index is 0.0655. The van der Waals surface area contributed by atoms with E-state index in [9.17, 15) is 9.59 Å². The first kappa shape index (κ1) is 18.3. The van der Waals surface area contributed by atoms with Crippen molar-refractivity contribution in [2.75, 3.05) is 44.2 Å². The molecular weight excluding hydrogens is 340 g/mol. The largest absolute Gasteiger partial charge is 0.356 e. The number of likely N-dealkylation sites (tertiary alicyclic amines) is 2. The third-order valence-corrected chi connectivity index (χ3v) is 6.22. The molecule has 3 saturated heterocycles. The number of aromatic nitrogens is 1. The van der Waals surface area contributed by atoms with Crippen molar-refractivity contribution in [3.8, 4) is 0 Å². The fourth-order valence-corrected chi connectivity index (χ4v) is 4.62. The lowest BCUT2D eigenvalue weighted by molar-refractivity contribution is -0.135. The van der Waals surface area contributed by atoms with Gasteiger partial charge < -0.3 is 14.7 Å². The van der Waals surface area contributed by atoms with Crippen LogP contribution in [-0.2, 0) is 4.79 Å². The van der Waals surface area contributed by atoms with Crippen LogP contribution in [0.25, 0.3) is 0 Å². The maximum atomic E-state index is 13.2. The summed E-state index contributed by atoms with van der Waals surface area (Å²) in [6.45, 7) is 5.10. The van der Waals surface area contributed by atoms with Crippen LogP contribution < -0.4 is 4.90 Å². The topological polar surface area (TPSA) is 56.8 Å². The molecule has 0 saturated carbocycles. The molecule has 3 fully saturated rings. The van der Waals surface area contributed by atoms with Crippen LogP contribution in [0, 0.1) is 5.92 Å². The number of hydrogen-bond donors (Lipinski definition) is 0. The van der Waals surface area contributed by atoms with Crippen LogP contribution in [0.3, 0.4) is 0 Å². The zero-order valence-electron chi connectivity index (χ0n) is 16.1. The summed E-state index contributed by atoms with van der Waals surface area (Å²) in [5, 5.41) is 0. The molecule has 0 N–H and O–H groups in total. The van der Waals surface area contributed by atoms with E-state index in [-0.39, 0.29) is 11.8 Å². The molecular formula is C21H30N4O2. The summed E-state index contributed by atoms with van der Waals surface area (Å²) in [6.07, 6.45) is 9.17. The van der Waals surface area contributed by atoms with E-state index in [1.54, 1.807) is 6.20 Å². The Hall–Kier alpha value is -2.11. The highest BCUT2D eigenvalue weighted by Gasteiger charge is 2.32. The number of amides is 2. The average molecular weight is 370 g/mol. The predicted molar refractivity (Wildman–Crippen MR) is 105 cm³/mol. The van der Waals surface area contributed by atoms with E-state index < -0.39 is 0 Å². The molecule has 3 aliphatic heterocycles. The lowest BCUT2D eigenvalue weighted by Crippen LogP contribution is -2.44. The molecule has 1 aromatic rings. The van der Waals surface area contributed by atoms with Gasteiger partial charge >= 0.3 is 0 Å². The van der Waals surface area contributed by atoms with Crippen LogP contribution in [0.4, 0.5) is 5.82 Å². The highest BCUT2D eigenvalue weighted by Crippen LogP contribution is 2.26. The lowest BCUT2D eigenvalue weighted by Gasteiger charge is -2.34. The average Bonchev–Trinajstić information content (AvgIpc) is 3.28. The van der Waals surface area contributed by atoms with Gasteiger partial charge in [0, 0.05) is 51.4 Å². The summed E-state index contributed by atoms with van der Waals surface area (Å²) in [7, 11) is 0. The molecule has 146 valence electrons. The van der Waals surface area contributed by atoms with Crippen molar-refractivity contribution in [3.63, 3.8) is 0 Å². The van der Waals surface area contributed by atoms with Crippen LogP contribution in [0.2, 0.25) is 0 Å². The first-order valence-corrected chi connectivity index (χ1v) is 10.5. The predicted octanol–water partition coefficient (Wildman–Crippen LogP) is 2.55. The Labute approximate surface area is 161 Å². The highest BCUT2D eigenvalue weighted by atomic mass is 16.2. The minimum Gasteiger partial charge on any atom is -0.356 e. The quantitative estimate of drug-likeness (QED) is 0.820. The molecule has 0 bridgehead atoms. The van der Waals surface area contributed by atoms with E-state index in [1.807, 2.05) is 21.9 Å². The van der Waals surface area contributed by atoms with E-state index >= 15 is 0 Å². The van der Waals surface area contributed by atoms with Gasteiger partial charge in [0.25, 0.3) is 5.91 Å². The number of pyridine rings is 1. The fourth-order valence-electron chi connectivity index (χ4n) is 4.62. The van der Waals surface area contributed by atoms with Gasteiger partial charge in [-0.15, -0.1) is 0 Å². The van der Waals surface area contributed by atoms with Gasteiger partial charge in [-0.05, 0) is 57.1 Å². The van der Waals surface area contributed by atoms with Crippen LogP contribution in [0.15, 0.2) is 18.3 Å². The fraction of sp³-hybridized carbons (Fsp3) is 0.667. The molecule has 0 aliphatic carbocycles. The Kier molecular flexibility index (Phi) is 5.60. The number of rotatable bonds is 3. The zero-order valence-corrected chi connectivity index (χ0v) is 16.1. The second-order valence-electron chi connectivity index (χ2n) is 8.02. The maximum absolute atomic E-state index is 13.2. The summed E-state index contributed by atoms with van der Waals surface area (Å²) >= 11 is 0. The number of carbonyl (C=O) groups is 2. The summed E-state index contributed by atoms with van der Waals surface area (Å²) in [6, 6.07) is 3.76. The third-order valence-electron chi connectivity index (χ3n) is 6.22. The van der Waals surface area contributed by atoms with Crippen molar-refractivity contribution in [3.05, 3.63) is 23.9 Å². The van der Waals surface area contributed by atoms with Crippen molar-refractivity contribution < 1.29 is 9.59 Å². The maximum Gasteiger partial charge on any atom is 0.257 e. The van der Waals surface area contributed by atoms with Crippen molar-refractivity contribution >= 4 is 17.6 Å². The van der Waals surface area contributed by atoms with Gasteiger partial charge in [-0.2, -0.15) is 0 Å². The Balaban J connectivity index is 1.40. The van der Waals surface area contributed by atoms with Crippen LogP contribution in [0.1, 0.15) is 55.3 Å². The minimum atomic E-state index is 0.0655. The number of nitrogens with zero attached hydrogens (tertiary/aromatic N) is 4. The normalized spacial score (nSPS) is 21.6. The number of piperidine rings is 2. The molecule has 4 rings (SSSR count). The summed E-state index contributed by atoms with van der Waals surface area (Å²) in [5.41, 5.74) is 0.712. The summed E-state index contributed by atoms with van der Waals surface area (Å²) in [4.78, 5) is 36.5. The van der Waals surface area contributed by atoms with Gasteiger partial charge in [0.15, 0.2) is 0 Å². The Morgan fingerprint density at radius 1 is 0.852 bits per heavy atom. The molecule has 6 nitrogen and oxygen atoms in total. The van der Waals surface area contributed by atoms with Gasteiger partial charge in [0.2, 0.25) is 5.91 Å². The van der Waals surface area contributed by atoms with Crippen molar-refractivity contribution in [2.24, 2.45) is 5.92 Å². The number of carbonyl (C=O) groups excluding carboxylic acids is 2. The highest BCUT2D eigenvalue weighted by molar-refractivity contribution is 5.99. The molecule has 27 heavy (non-hydrogen) atoms. The Bertz CT molecular complexity index is 673. The van der Waals surface area contributed by atoms with Crippen LogP contribution in [-0.4, -0.2) is 65.9 Å². The molecule has 4 heterocycles. The standard InChI is InChI=1S/C21H30N4O2/c26-20(24-13-4-5-14-24)17-8-15-25(16-9-17)21(27)18-7-6-10-22-19(18)23-11-2-1-3-12-23/h6-7,10,17H,1-5,8-9,11-16H2. The van der Waals surface area contributed by atoms with E-state index in [1.165, 1.54) is 6.42 Å². The molecule has 0 unspecified atom stereocenters. The second kappa shape index (κ2) is 8.28. The first-order valence-electron chi connectivity index (χ1n) is 10.5. The van der Waals surface area contributed by atoms with Crippen LogP contribution >= 0.6 is 0 Å². The van der Waals surface area contributed by atoms with E-state index in [0.717, 1.165) is 70.5 Å². The van der Waals surface area contributed by atoms with Crippen LogP contribution in [0.5, 0.6) is 0 Å². The molecule has 2 amide bonds. The smallest absolute Gasteiger partial charge is 0.257 e. The Morgan fingerprint density at radius 3 is 2.22 bits per heavy atom. The van der Waals surface area contributed by atoms with Gasteiger partial charge in [-0.25, -0.2) is 4.98 Å². The molecule has 0 atom stereocenters. The van der Waals surface area contributed by atoms with Gasteiger partial charge in [0.1, 0.15) is 5.82 Å².